The van der Waals surface area contributed by atoms with Gasteiger partial charge in [-0.15, -0.1) is 0 Å². The molecule has 0 spiro atoms. The molecule has 4 rings (SSSR count). The quantitative estimate of drug-likeness (QED) is 0.470. The fourth-order valence-electron chi connectivity index (χ4n) is 3.88. The van der Waals surface area contributed by atoms with Gasteiger partial charge in [-0.25, -0.2) is 4.79 Å². The number of nitrogens with zero attached hydrogens (tertiary/aromatic N) is 3. The van der Waals surface area contributed by atoms with E-state index in [9.17, 15) is 9.90 Å². The smallest absolute Gasteiger partial charge is 0.324 e. The van der Waals surface area contributed by atoms with Crippen molar-refractivity contribution in [3.63, 3.8) is 0 Å². The van der Waals surface area contributed by atoms with Gasteiger partial charge in [-0.1, -0.05) is 38.1 Å². The van der Waals surface area contributed by atoms with Crippen LogP contribution in [0.15, 0.2) is 42.5 Å². The third-order valence-electron chi connectivity index (χ3n) is 6.11. The molecule has 2 amide bonds. The molecule has 0 aliphatic carbocycles. The average Bonchev–Trinajstić information content (AvgIpc) is 3.22. The highest BCUT2D eigenvalue weighted by molar-refractivity contribution is 6.07. The van der Waals surface area contributed by atoms with Crippen molar-refractivity contribution in [1.82, 2.24) is 14.7 Å². The Kier molecular flexibility index (Phi) is 7.35. The minimum atomic E-state index is -0.498. The lowest BCUT2D eigenvalue weighted by atomic mass is 9.91. The summed E-state index contributed by atoms with van der Waals surface area (Å²) in [6.07, 6.45) is 0. The number of rotatable bonds is 8. The normalized spacial score (nSPS) is 14.8. The van der Waals surface area contributed by atoms with Gasteiger partial charge in [0.15, 0.2) is 0 Å². The number of amides is 2. The van der Waals surface area contributed by atoms with Crippen LogP contribution < -0.4 is 15.4 Å². The Labute approximate surface area is 199 Å². The van der Waals surface area contributed by atoms with Crippen LogP contribution in [-0.2, 0) is 17.2 Å². The highest BCUT2D eigenvalue weighted by Gasteiger charge is 2.24. The standard InChI is InChI=1S/C25H33N5O4/c1-25(2,17-31)22-16-23(29(3)28-22)27-24(32)26-20-8-9-21(19-7-5-4-6-18(19)20)34-15-12-30-10-13-33-14-11-30/h4-9,16,31H,10-15,17H2,1-3H3,(H2,26,27,32). The van der Waals surface area contributed by atoms with Crippen molar-refractivity contribution in [2.45, 2.75) is 19.3 Å². The molecule has 3 aromatic rings. The van der Waals surface area contributed by atoms with Gasteiger partial charge in [0, 0.05) is 48.9 Å². The molecule has 9 heteroatoms. The maximum Gasteiger partial charge on any atom is 0.324 e. The molecule has 3 N–H and O–H groups in total. The Morgan fingerprint density at radius 3 is 2.62 bits per heavy atom. The number of aliphatic hydroxyl groups excluding tert-OH is 1. The molecular formula is C25H33N5O4. The first-order valence-corrected chi connectivity index (χ1v) is 11.6. The molecule has 1 saturated heterocycles. The van der Waals surface area contributed by atoms with Crippen LogP contribution in [0.3, 0.4) is 0 Å². The maximum absolute atomic E-state index is 12.8. The molecule has 0 saturated carbocycles. The number of morpholine rings is 1. The van der Waals surface area contributed by atoms with Gasteiger partial charge in [0.1, 0.15) is 18.2 Å². The number of aliphatic hydroxyl groups is 1. The van der Waals surface area contributed by atoms with Gasteiger partial charge in [0.2, 0.25) is 0 Å². The number of hydrogen-bond acceptors (Lipinski definition) is 6. The van der Waals surface area contributed by atoms with Crippen LogP contribution in [0.2, 0.25) is 0 Å². The zero-order valence-electron chi connectivity index (χ0n) is 20.0. The van der Waals surface area contributed by atoms with Crippen LogP contribution in [-0.4, -0.2) is 71.9 Å². The molecule has 2 heterocycles. The Bertz CT molecular complexity index is 1140. The topological polar surface area (TPSA) is 101 Å². The van der Waals surface area contributed by atoms with E-state index in [2.05, 4.69) is 20.6 Å². The van der Waals surface area contributed by atoms with Crippen LogP contribution in [0.4, 0.5) is 16.3 Å². The number of anilines is 2. The summed E-state index contributed by atoms with van der Waals surface area (Å²) in [5.74, 6) is 1.33. The molecule has 34 heavy (non-hydrogen) atoms. The lowest BCUT2D eigenvalue weighted by Gasteiger charge is -2.26. The fraction of sp³-hybridized carbons (Fsp3) is 0.440. The second-order valence-corrected chi connectivity index (χ2v) is 9.12. The van der Waals surface area contributed by atoms with Gasteiger partial charge in [0.25, 0.3) is 0 Å². The number of benzene rings is 2. The van der Waals surface area contributed by atoms with Gasteiger partial charge >= 0.3 is 6.03 Å². The molecule has 9 nitrogen and oxygen atoms in total. The van der Waals surface area contributed by atoms with Gasteiger partial charge in [-0.3, -0.25) is 14.9 Å². The summed E-state index contributed by atoms with van der Waals surface area (Å²) >= 11 is 0. The van der Waals surface area contributed by atoms with Crippen molar-refractivity contribution >= 4 is 28.3 Å². The number of fused-ring (bicyclic) bond motifs is 1. The van der Waals surface area contributed by atoms with Gasteiger partial charge in [-0.2, -0.15) is 5.10 Å². The Morgan fingerprint density at radius 1 is 1.15 bits per heavy atom. The van der Waals surface area contributed by atoms with E-state index in [1.165, 1.54) is 0 Å². The van der Waals surface area contributed by atoms with Crippen molar-refractivity contribution < 1.29 is 19.4 Å². The molecule has 0 atom stereocenters. The van der Waals surface area contributed by atoms with Crippen LogP contribution in [0.25, 0.3) is 10.8 Å². The van der Waals surface area contributed by atoms with Crippen LogP contribution >= 0.6 is 0 Å². The zero-order valence-corrected chi connectivity index (χ0v) is 20.0. The highest BCUT2D eigenvalue weighted by Crippen LogP contribution is 2.32. The van der Waals surface area contributed by atoms with Crippen LogP contribution in [0.5, 0.6) is 5.75 Å². The van der Waals surface area contributed by atoms with Crippen molar-refractivity contribution in [2.24, 2.45) is 7.05 Å². The number of nitrogens with one attached hydrogen (secondary N) is 2. The molecule has 0 unspecified atom stereocenters. The van der Waals surface area contributed by atoms with E-state index in [-0.39, 0.29) is 12.6 Å². The van der Waals surface area contributed by atoms with E-state index in [4.69, 9.17) is 9.47 Å². The second kappa shape index (κ2) is 10.4. The molecule has 2 aromatic carbocycles. The minimum absolute atomic E-state index is 0.0392. The number of urea groups is 1. The van der Waals surface area contributed by atoms with Crippen molar-refractivity contribution in [1.29, 1.82) is 0 Å². The number of aromatic nitrogens is 2. The van der Waals surface area contributed by atoms with E-state index >= 15 is 0 Å². The number of carbonyl (C=O) groups is 1. The summed E-state index contributed by atoms with van der Waals surface area (Å²) < 4.78 is 13.1. The van der Waals surface area contributed by atoms with Gasteiger partial charge in [-0.05, 0) is 12.1 Å². The average molecular weight is 468 g/mol. The summed E-state index contributed by atoms with van der Waals surface area (Å²) in [5.41, 5.74) is 0.894. The number of carbonyl (C=O) groups excluding carboxylic acids is 1. The van der Waals surface area contributed by atoms with E-state index in [1.54, 1.807) is 17.8 Å². The summed E-state index contributed by atoms with van der Waals surface area (Å²) in [5, 5.41) is 21.6. The van der Waals surface area contributed by atoms with Crippen molar-refractivity contribution in [2.75, 3.05) is 56.7 Å². The molecule has 0 radical (unpaired) electrons. The lowest BCUT2D eigenvalue weighted by Crippen LogP contribution is -2.38. The van der Waals surface area contributed by atoms with Crippen LogP contribution in [0.1, 0.15) is 19.5 Å². The summed E-state index contributed by atoms with van der Waals surface area (Å²) in [6.45, 7) is 8.59. The third kappa shape index (κ3) is 5.49. The fourth-order valence-corrected chi connectivity index (χ4v) is 3.88. The predicted molar refractivity (Wildman–Crippen MR) is 133 cm³/mol. The first-order valence-electron chi connectivity index (χ1n) is 11.6. The van der Waals surface area contributed by atoms with Gasteiger partial charge < -0.3 is 19.9 Å². The monoisotopic (exact) mass is 467 g/mol. The summed E-state index contributed by atoms with van der Waals surface area (Å²) in [6, 6.07) is 13.0. The molecule has 1 aliphatic rings. The SMILES string of the molecule is Cn1nc(C(C)(C)CO)cc1NC(=O)Nc1ccc(OCCN2CCOCC2)c2ccccc12. The van der Waals surface area contributed by atoms with E-state index in [0.717, 1.165) is 49.4 Å². The van der Waals surface area contributed by atoms with Crippen molar-refractivity contribution in [3.05, 3.63) is 48.2 Å². The summed E-state index contributed by atoms with van der Waals surface area (Å²) in [4.78, 5) is 15.1. The second-order valence-electron chi connectivity index (χ2n) is 9.12. The first-order chi connectivity index (χ1) is 16.4. The summed E-state index contributed by atoms with van der Waals surface area (Å²) in [7, 11) is 1.75. The van der Waals surface area contributed by atoms with E-state index in [0.29, 0.717) is 23.8 Å². The third-order valence-corrected chi connectivity index (χ3v) is 6.11. The molecule has 1 aliphatic heterocycles. The van der Waals surface area contributed by atoms with E-state index in [1.807, 2.05) is 50.2 Å². The van der Waals surface area contributed by atoms with Crippen molar-refractivity contribution in [3.8, 4) is 5.75 Å². The molecule has 1 aromatic heterocycles. The molecule has 0 bridgehead atoms. The van der Waals surface area contributed by atoms with E-state index < -0.39 is 5.41 Å². The number of ether oxygens (including phenoxy) is 2. The van der Waals surface area contributed by atoms with Gasteiger partial charge in [0.05, 0.1) is 31.2 Å². The number of hydrogen-bond donors (Lipinski definition) is 3. The first kappa shape index (κ1) is 24.0. The molecular weight excluding hydrogens is 434 g/mol. The van der Waals surface area contributed by atoms with Crippen LogP contribution in [0, 0.1) is 0 Å². The zero-order chi connectivity index (χ0) is 24.1. The predicted octanol–water partition coefficient (Wildman–Crippen LogP) is 3.20. The molecule has 182 valence electrons. The lowest BCUT2D eigenvalue weighted by molar-refractivity contribution is 0.0323. The largest absolute Gasteiger partial charge is 0.492 e. The molecule has 1 fully saturated rings. The minimum Gasteiger partial charge on any atom is -0.492 e. The highest BCUT2D eigenvalue weighted by atomic mass is 16.5. The Balaban J connectivity index is 1.44. The Hall–Kier alpha value is -3.14. The maximum atomic E-state index is 12.8. The number of aryl methyl sites for hydroxylation is 1. The Morgan fingerprint density at radius 2 is 1.88 bits per heavy atom.